The van der Waals surface area contributed by atoms with Crippen LogP contribution in [-0.4, -0.2) is 25.8 Å². The number of amides is 1. The topological polar surface area (TPSA) is 113 Å². The summed E-state index contributed by atoms with van der Waals surface area (Å²) in [6.07, 6.45) is 1.32. The number of hydrogen-bond acceptors (Lipinski definition) is 6. The molecule has 0 aliphatic heterocycles. The molecule has 8 nitrogen and oxygen atoms in total. The second-order valence-corrected chi connectivity index (χ2v) is 5.42. The van der Waals surface area contributed by atoms with Gasteiger partial charge in [-0.2, -0.15) is 0 Å². The Morgan fingerprint density at radius 3 is 2.36 bits per heavy atom. The zero-order valence-electron chi connectivity index (χ0n) is 13.7. The lowest BCUT2D eigenvalue weighted by Crippen LogP contribution is -2.17. The van der Waals surface area contributed by atoms with Crippen LogP contribution in [-0.2, 0) is 0 Å². The number of rotatable bonds is 4. The maximum absolute atomic E-state index is 12.2. The number of nitrogens with one attached hydrogen (secondary N) is 3. The van der Waals surface area contributed by atoms with Crippen LogP contribution >= 0.6 is 0 Å². The highest BCUT2D eigenvalue weighted by molar-refractivity contribution is 6.03. The third-order valence-corrected chi connectivity index (χ3v) is 3.31. The van der Waals surface area contributed by atoms with E-state index in [1.165, 1.54) is 12.3 Å². The lowest BCUT2D eigenvalue weighted by molar-refractivity contribution is 0.102. The number of aromatic nitrogens is 4. The summed E-state index contributed by atoms with van der Waals surface area (Å²) in [6.45, 7) is 3.80. The second-order valence-electron chi connectivity index (χ2n) is 5.42. The molecule has 0 saturated heterocycles. The van der Waals surface area contributed by atoms with Gasteiger partial charge in [0.2, 0.25) is 5.95 Å². The maximum Gasteiger partial charge on any atom is 0.346 e. The summed E-state index contributed by atoms with van der Waals surface area (Å²) in [6, 6.07) is 10.2. The lowest BCUT2D eigenvalue weighted by atomic mass is 10.2. The fourth-order valence-electron chi connectivity index (χ4n) is 2.25. The number of anilines is 3. The van der Waals surface area contributed by atoms with Gasteiger partial charge in [0.05, 0.1) is 0 Å². The van der Waals surface area contributed by atoms with Crippen molar-refractivity contribution in [2.45, 2.75) is 13.8 Å². The molecule has 1 aromatic carbocycles. The first kappa shape index (κ1) is 16.3. The number of hydrogen-bond donors (Lipinski definition) is 3. The fourth-order valence-corrected chi connectivity index (χ4v) is 2.25. The summed E-state index contributed by atoms with van der Waals surface area (Å²) >= 11 is 0. The largest absolute Gasteiger partial charge is 0.346 e. The number of H-pyrrole nitrogens is 1. The van der Waals surface area contributed by atoms with E-state index in [9.17, 15) is 9.59 Å². The van der Waals surface area contributed by atoms with Crippen molar-refractivity contribution in [3.63, 3.8) is 0 Å². The molecule has 0 radical (unpaired) electrons. The van der Waals surface area contributed by atoms with Crippen molar-refractivity contribution in [1.29, 1.82) is 0 Å². The molecule has 0 spiro atoms. The molecule has 0 fully saturated rings. The molecule has 0 saturated carbocycles. The van der Waals surface area contributed by atoms with Gasteiger partial charge in [-0.25, -0.2) is 19.7 Å². The van der Waals surface area contributed by atoms with Crippen molar-refractivity contribution in [3.8, 4) is 0 Å². The SMILES string of the molecule is Cc1cc(C)nc(Nc2ccc(C(=O)Nc3ccnc(=O)[nH]3)cc2)n1. The first-order valence-electron chi connectivity index (χ1n) is 7.56. The monoisotopic (exact) mass is 336 g/mol. The Hall–Kier alpha value is -3.55. The summed E-state index contributed by atoms with van der Waals surface area (Å²) in [4.78, 5) is 37.9. The molecular formula is C17H16N6O2. The summed E-state index contributed by atoms with van der Waals surface area (Å²) < 4.78 is 0. The maximum atomic E-state index is 12.2. The molecule has 126 valence electrons. The highest BCUT2D eigenvalue weighted by atomic mass is 16.2. The Balaban J connectivity index is 1.71. The Labute approximate surface area is 143 Å². The van der Waals surface area contributed by atoms with Crippen molar-refractivity contribution in [2.75, 3.05) is 10.6 Å². The van der Waals surface area contributed by atoms with Gasteiger partial charge in [-0.15, -0.1) is 0 Å². The molecular weight excluding hydrogens is 320 g/mol. The van der Waals surface area contributed by atoms with Crippen molar-refractivity contribution in [2.24, 2.45) is 0 Å². The highest BCUT2D eigenvalue weighted by Gasteiger charge is 2.07. The van der Waals surface area contributed by atoms with Gasteiger partial charge in [0.1, 0.15) is 5.82 Å². The Morgan fingerprint density at radius 2 is 1.72 bits per heavy atom. The van der Waals surface area contributed by atoms with Crippen molar-refractivity contribution < 1.29 is 4.79 Å². The van der Waals surface area contributed by atoms with Crippen molar-refractivity contribution >= 4 is 23.4 Å². The predicted molar refractivity (Wildman–Crippen MR) is 94.0 cm³/mol. The Morgan fingerprint density at radius 1 is 1.04 bits per heavy atom. The smallest absolute Gasteiger partial charge is 0.324 e. The van der Waals surface area contributed by atoms with Crippen LogP contribution in [0.5, 0.6) is 0 Å². The number of benzene rings is 1. The average molecular weight is 336 g/mol. The van der Waals surface area contributed by atoms with Gasteiger partial charge in [-0.1, -0.05) is 0 Å². The number of aromatic amines is 1. The van der Waals surface area contributed by atoms with E-state index in [-0.39, 0.29) is 11.7 Å². The highest BCUT2D eigenvalue weighted by Crippen LogP contribution is 2.15. The van der Waals surface area contributed by atoms with E-state index in [0.717, 1.165) is 17.1 Å². The first-order valence-corrected chi connectivity index (χ1v) is 7.56. The quantitative estimate of drug-likeness (QED) is 0.673. The fraction of sp³-hybridized carbons (Fsp3) is 0.118. The summed E-state index contributed by atoms with van der Waals surface area (Å²) in [5.41, 5.74) is 2.43. The molecule has 0 aliphatic rings. The van der Waals surface area contributed by atoms with Crippen LogP contribution < -0.4 is 16.3 Å². The molecule has 25 heavy (non-hydrogen) atoms. The van der Waals surface area contributed by atoms with E-state index >= 15 is 0 Å². The standard InChI is InChI=1S/C17H16N6O2/c1-10-9-11(2)20-16(19-10)21-13-5-3-12(4-6-13)15(24)22-14-7-8-18-17(25)23-14/h3-9H,1-2H3,(H,19,20,21)(H2,18,22,23,24,25). The molecule has 3 rings (SSSR count). The summed E-state index contributed by atoms with van der Waals surface area (Å²) in [5.74, 6) is 0.455. The predicted octanol–water partition coefficient (Wildman–Crippen LogP) is 2.17. The average Bonchev–Trinajstić information content (AvgIpc) is 2.54. The molecule has 0 aliphatic carbocycles. The molecule has 2 heterocycles. The zero-order chi connectivity index (χ0) is 17.8. The molecule has 3 N–H and O–H groups in total. The molecule has 2 aromatic heterocycles. The minimum absolute atomic E-state index is 0.288. The lowest BCUT2D eigenvalue weighted by Gasteiger charge is -2.08. The summed E-state index contributed by atoms with van der Waals surface area (Å²) in [5, 5.41) is 5.70. The van der Waals surface area contributed by atoms with Gasteiger partial charge in [-0.05, 0) is 50.2 Å². The van der Waals surface area contributed by atoms with E-state index in [1.54, 1.807) is 24.3 Å². The third-order valence-electron chi connectivity index (χ3n) is 3.31. The van der Waals surface area contributed by atoms with E-state index < -0.39 is 5.69 Å². The van der Waals surface area contributed by atoms with E-state index in [2.05, 4.69) is 30.6 Å². The van der Waals surface area contributed by atoms with Crippen LogP contribution in [0.3, 0.4) is 0 Å². The number of nitrogens with zero attached hydrogens (tertiary/aromatic N) is 3. The zero-order valence-corrected chi connectivity index (χ0v) is 13.7. The van der Waals surface area contributed by atoms with E-state index in [0.29, 0.717) is 11.5 Å². The number of carbonyl (C=O) groups is 1. The molecule has 0 atom stereocenters. The van der Waals surface area contributed by atoms with Crippen LogP contribution in [0.25, 0.3) is 0 Å². The van der Waals surface area contributed by atoms with Gasteiger partial charge < -0.3 is 10.6 Å². The molecule has 0 bridgehead atoms. The minimum atomic E-state index is -0.522. The Bertz CT molecular complexity index is 945. The summed E-state index contributed by atoms with van der Waals surface area (Å²) in [7, 11) is 0. The van der Waals surface area contributed by atoms with E-state index in [4.69, 9.17) is 0 Å². The van der Waals surface area contributed by atoms with Gasteiger partial charge in [-0.3, -0.25) is 9.78 Å². The van der Waals surface area contributed by atoms with Crippen LogP contribution in [0, 0.1) is 13.8 Å². The van der Waals surface area contributed by atoms with E-state index in [1.807, 2.05) is 19.9 Å². The molecule has 3 aromatic rings. The third kappa shape index (κ3) is 4.25. The van der Waals surface area contributed by atoms with Gasteiger partial charge >= 0.3 is 5.69 Å². The van der Waals surface area contributed by atoms with Gasteiger partial charge in [0.25, 0.3) is 5.91 Å². The van der Waals surface area contributed by atoms with Crippen LogP contribution in [0.4, 0.5) is 17.5 Å². The Kier molecular flexibility index (Phi) is 4.51. The number of aryl methyl sites for hydroxylation is 2. The molecule has 8 heteroatoms. The van der Waals surface area contributed by atoms with Gasteiger partial charge in [0.15, 0.2) is 0 Å². The van der Waals surface area contributed by atoms with Crippen LogP contribution in [0.1, 0.15) is 21.7 Å². The van der Waals surface area contributed by atoms with Crippen molar-refractivity contribution in [1.82, 2.24) is 19.9 Å². The van der Waals surface area contributed by atoms with Crippen molar-refractivity contribution in [3.05, 3.63) is 70.0 Å². The van der Waals surface area contributed by atoms with Crippen LogP contribution in [0.2, 0.25) is 0 Å². The van der Waals surface area contributed by atoms with Crippen LogP contribution in [0.15, 0.2) is 47.4 Å². The minimum Gasteiger partial charge on any atom is -0.324 e. The first-order chi connectivity index (χ1) is 12.0. The van der Waals surface area contributed by atoms with Gasteiger partial charge in [0, 0.05) is 28.8 Å². The second kappa shape index (κ2) is 6.91. The normalized spacial score (nSPS) is 10.3. The molecule has 0 unspecified atom stereocenters. The number of carbonyl (C=O) groups excluding carboxylic acids is 1. The molecule has 1 amide bonds.